The first-order chi connectivity index (χ1) is 13.0. The molecule has 144 valence electrons. The fourth-order valence-corrected chi connectivity index (χ4v) is 3.30. The topological polar surface area (TPSA) is 96.0 Å². The second-order valence-corrected chi connectivity index (χ2v) is 6.75. The number of nitrogens with zero attached hydrogens (tertiary/aromatic N) is 2. The van der Waals surface area contributed by atoms with E-state index in [4.69, 9.17) is 16.3 Å². The van der Waals surface area contributed by atoms with Crippen molar-refractivity contribution in [1.29, 1.82) is 0 Å². The fourth-order valence-electron chi connectivity index (χ4n) is 3.22. The van der Waals surface area contributed by atoms with E-state index < -0.39 is 23.8 Å². The largest absolute Gasteiger partial charge is 0.448 e. The van der Waals surface area contributed by atoms with Crippen LogP contribution in [-0.4, -0.2) is 71.8 Å². The van der Waals surface area contributed by atoms with Gasteiger partial charge >= 0.3 is 6.09 Å². The van der Waals surface area contributed by atoms with Crippen LogP contribution in [0.25, 0.3) is 0 Å². The summed E-state index contributed by atoms with van der Waals surface area (Å²) in [5.41, 5.74) is 0.637. The Kier molecular flexibility index (Phi) is 5.95. The molecule has 9 heteroatoms. The number of carbonyl (C=O) groups excluding carboxylic acids is 4. The van der Waals surface area contributed by atoms with Gasteiger partial charge in [0.25, 0.3) is 11.8 Å². The van der Waals surface area contributed by atoms with Crippen molar-refractivity contribution < 1.29 is 23.9 Å². The molecule has 8 nitrogen and oxygen atoms in total. The zero-order valence-corrected chi connectivity index (χ0v) is 15.4. The van der Waals surface area contributed by atoms with Gasteiger partial charge in [-0.05, 0) is 25.0 Å². The maximum absolute atomic E-state index is 12.3. The molecule has 1 saturated heterocycles. The molecule has 0 spiro atoms. The molecule has 27 heavy (non-hydrogen) atoms. The number of hydrogen-bond donors (Lipinski definition) is 1. The van der Waals surface area contributed by atoms with Crippen molar-refractivity contribution in [3.63, 3.8) is 0 Å². The molecule has 4 amide bonds. The molecule has 0 atom stereocenters. The lowest BCUT2D eigenvalue weighted by atomic mass is 10.1. The van der Waals surface area contributed by atoms with Crippen LogP contribution >= 0.6 is 11.6 Å². The van der Waals surface area contributed by atoms with Gasteiger partial charge in [-0.1, -0.05) is 12.1 Å². The number of imide groups is 1. The lowest BCUT2D eigenvalue weighted by Crippen LogP contribution is -2.49. The van der Waals surface area contributed by atoms with E-state index in [1.54, 1.807) is 29.2 Å². The van der Waals surface area contributed by atoms with Crippen LogP contribution in [0, 0.1) is 0 Å². The Morgan fingerprint density at radius 2 is 1.70 bits per heavy atom. The number of ether oxygens (including phenoxy) is 1. The van der Waals surface area contributed by atoms with Gasteiger partial charge in [0, 0.05) is 19.1 Å². The third kappa shape index (κ3) is 4.21. The summed E-state index contributed by atoms with van der Waals surface area (Å²) in [5.74, 6) is -1.06. The van der Waals surface area contributed by atoms with Crippen LogP contribution in [0.1, 0.15) is 33.6 Å². The van der Waals surface area contributed by atoms with Gasteiger partial charge in [0.05, 0.1) is 17.0 Å². The van der Waals surface area contributed by atoms with Crippen molar-refractivity contribution in [3.8, 4) is 0 Å². The van der Waals surface area contributed by atoms with Gasteiger partial charge in [-0.15, -0.1) is 11.6 Å². The minimum absolute atomic E-state index is 0.121. The van der Waals surface area contributed by atoms with Crippen molar-refractivity contribution in [2.45, 2.75) is 18.9 Å². The zero-order valence-electron chi connectivity index (χ0n) is 14.7. The van der Waals surface area contributed by atoms with E-state index in [0.717, 1.165) is 4.90 Å². The molecule has 2 heterocycles. The highest BCUT2D eigenvalue weighted by Crippen LogP contribution is 2.22. The summed E-state index contributed by atoms with van der Waals surface area (Å²) in [6.45, 7) is 0.764. The first-order valence-electron chi connectivity index (χ1n) is 8.73. The lowest BCUT2D eigenvalue weighted by Gasteiger charge is -2.31. The number of fused-ring (bicyclic) bond motifs is 1. The van der Waals surface area contributed by atoms with Crippen molar-refractivity contribution in [3.05, 3.63) is 35.4 Å². The molecule has 0 radical (unpaired) electrons. The summed E-state index contributed by atoms with van der Waals surface area (Å²) in [6, 6.07) is 6.39. The monoisotopic (exact) mass is 393 g/mol. The van der Waals surface area contributed by atoms with Crippen LogP contribution in [0.15, 0.2) is 24.3 Å². The third-order valence-electron chi connectivity index (χ3n) is 4.60. The van der Waals surface area contributed by atoms with Crippen LogP contribution in [0.3, 0.4) is 0 Å². The number of alkyl halides is 1. The van der Waals surface area contributed by atoms with Crippen LogP contribution in [0.5, 0.6) is 0 Å². The molecule has 2 aliphatic heterocycles. The number of rotatable bonds is 5. The summed E-state index contributed by atoms with van der Waals surface area (Å²) in [6.07, 6.45) is 0.736. The Balaban J connectivity index is 1.48. The predicted molar refractivity (Wildman–Crippen MR) is 96.6 cm³/mol. The molecular formula is C18H20ClN3O5. The minimum atomic E-state index is -0.456. The fraction of sp³-hybridized carbons (Fsp3) is 0.444. The molecule has 0 bridgehead atoms. The Morgan fingerprint density at radius 3 is 2.26 bits per heavy atom. The quantitative estimate of drug-likeness (QED) is 0.599. The third-order valence-corrected chi connectivity index (χ3v) is 4.76. The molecule has 1 aromatic rings. The van der Waals surface area contributed by atoms with E-state index in [9.17, 15) is 19.2 Å². The maximum atomic E-state index is 12.3. The number of likely N-dealkylation sites (tertiary alicyclic amines) is 1. The molecule has 1 N–H and O–H groups in total. The average molecular weight is 394 g/mol. The van der Waals surface area contributed by atoms with E-state index in [2.05, 4.69) is 5.32 Å². The lowest BCUT2D eigenvalue weighted by molar-refractivity contribution is -0.122. The van der Waals surface area contributed by atoms with Gasteiger partial charge in [0.15, 0.2) is 0 Å². The van der Waals surface area contributed by atoms with Gasteiger partial charge in [-0.3, -0.25) is 19.3 Å². The summed E-state index contributed by atoms with van der Waals surface area (Å²) in [7, 11) is 0. The highest BCUT2D eigenvalue weighted by atomic mass is 35.5. The minimum Gasteiger partial charge on any atom is -0.448 e. The van der Waals surface area contributed by atoms with Gasteiger partial charge in [0.1, 0.15) is 13.2 Å². The van der Waals surface area contributed by atoms with Crippen LogP contribution in [0.4, 0.5) is 4.79 Å². The van der Waals surface area contributed by atoms with E-state index in [1.807, 2.05) is 0 Å². The number of amides is 4. The predicted octanol–water partition coefficient (Wildman–Crippen LogP) is 1.24. The van der Waals surface area contributed by atoms with Crippen molar-refractivity contribution in [1.82, 2.24) is 15.1 Å². The summed E-state index contributed by atoms with van der Waals surface area (Å²) < 4.78 is 4.98. The molecule has 0 unspecified atom stereocenters. The van der Waals surface area contributed by atoms with Gasteiger partial charge in [-0.25, -0.2) is 4.79 Å². The Hall–Kier alpha value is -2.61. The zero-order chi connectivity index (χ0) is 19.4. The molecule has 2 aliphatic rings. The van der Waals surface area contributed by atoms with Gasteiger partial charge < -0.3 is 15.0 Å². The van der Waals surface area contributed by atoms with Crippen molar-refractivity contribution in [2.24, 2.45) is 0 Å². The van der Waals surface area contributed by atoms with Gasteiger partial charge in [0.2, 0.25) is 5.91 Å². The molecule has 0 saturated carbocycles. The van der Waals surface area contributed by atoms with E-state index in [1.165, 1.54) is 0 Å². The maximum Gasteiger partial charge on any atom is 0.409 e. The second kappa shape index (κ2) is 8.39. The molecular weight excluding hydrogens is 374 g/mol. The first kappa shape index (κ1) is 19.2. The first-order valence-corrected chi connectivity index (χ1v) is 9.27. The average Bonchev–Trinajstić information content (AvgIpc) is 2.92. The van der Waals surface area contributed by atoms with Crippen LogP contribution < -0.4 is 5.32 Å². The Bertz CT molecular complexity index is 726. The van der Waals surface area contributed by atoms with E-state index >= 15 is 0 Å². The van der Waals surface area contributed by atoms with E-state index in [-0.39, 0.29) is 25.1 Å². The summed E-state index contributed by atoms with van der Waals surface area (Å²) in [4.78, 5) is 51.2. The highest BCUT2D eigenvalue weighted by Gasteiger charge is 2.36. The van der Waals surface area contributed by atoms with Crippen LogP contribution in [0.2, 0.25) is 0 Å². The number of nitrogens with one attached hydrogen (secondary N) is 1. The molecule has 1 aromatic carbocycles. The molecule has 1 fully saturated rings. The highest BCUT2D eigenvalue weighted by molar-refractivity contribution is 6.22. The smallest absolute Gasteiger partial charge is 0.409 e. The number of halogens is 1. The summed E-state index contributed by atoms with van der Waals surface area (Å²) in [5, 5.41) is 2.83. The Morgan fingerprint density at radius 1 is 1.11 bits per heavy atom. The molecule has 3 rings (SSSR count). The normalized spacial score (nSPS) is 17.1. The number of hydrogen-bond acceptors (Lipinski definition) is 5. The van der Waals surface area contributed by atoms with E-state index in [0.29, 0.717) is 37.1 Å². The van der Waals surface area contributed by atoms with Crippen LogP contribution in [-0.2, 0) is 9.53 Å². The van der Waals surface area contributed by atoms with Crippen molar-refractivity contribution in [2.75, 3.05) is 32.1 Å². The number of piperidine rings is 1. The van der Waals surface area contributed by atoms with Crippen molar-refractivity contribution >= 4 is 35.4 Å². The number of carbonyl (C=O) groups is 4. The second-order valence-electron chi connectivity index (χ2n) is 6.37. The summed E-state index contributed by atoms with van der Waals surface area (Å²) >= 11 is 5.49. The van der Waals surface area contributed by atoms with Gasteiger partial charge in [-0.2, -0.15) is 0 Å². The standard InChI is InChI=1S/C18H20ClN3O5/c19-7-10-27-18(26)21-8-5-12(6-9-21)20-15(23)11-22-16(24)13-3-1-2-4-14(13)17(22)25/h1-4,12H,5-11H2,(H,20,23). The Labute approximate surface area is 161 Å². The molecule has 0 aromatic heterocycles. The molecule has 0 aliphatic carbocycles. The SMILES string of the molecule is O=C(CN1C(=O)c2ccccc2C1=O)NC1CCN(C(=O)OCCCl)CC1. The number of benzene rings is 1.